The van der Waals surface area contributed by atoms with Gasteiger partial charge < -0.3 is 15.7 Å². The number of hydrogen-bond donors (Lipinski definition) is 2. The van der Waals surface area contributed by atoms with Gasteiger partial charge in [-0.25, -0.2) is 4.98 Å². The van der Waals surface area contributed by atoms with Crippen molar-refractivity contribution in [3.8, 4) is 0 Å². The van der Waals surface area contributed by atoms with E-state index < -0.39 is 12.0 Å². The maximum atomic E-state index is 10.8. The SMILES string of the molecule is CCCCN(CCCC)c1nc(C(N)C(=O)O)cs1. The highest BCUT2D eigenvalue weighted by Crippen LogP contribution is 2.24. The third-order valence-corrected chi connectivity index (χ3v) is 3.85. The number of aliphatic carboxylic acids is 1. The van der Waals surface area contributed by atoms with Crippen molar-refractivity contribution in [2.75, 3.05) is 18.0 Å². The van der Waals surface area contributed by atoms with Crippen molar-refractivity contribution in [2.24, 2.45) is 5.73 Å². The number of anilines is 1. The van der Waals surface area contributed by atoms with E-state index in [9.17, 15) is 4.79 Å². The predicted molar refractivity (Wildman–Crippen MR) is 78.7 cm³/mol. The highest BCUT2D eigenvalue weighted by molar-refractivity contribution is 7.13. The largest absolute Gasteiger partial charge is 0.480 e. The Morgan fingerprint density at radius 2 is 2.00 bits per heavy atom. The fraction of sp³-hybridized carbons (Fsp3) is 0.692. The second kappa shape index (κ2) is 8.12. The minimum Gasteiger partial charge on any atom is -0.480 e. The second-order valence-electron chi connectivity index (χ2n) is 4.57. The molecule has 0 aliphatic carbocycles. The number of unbranched alkanes of at least 4 members (excludes halogenated alkanes) is 2. The molecule has 1 unspecified atom stereocenters. The summed E-state index contributed by atoms with van der Waals surface area (Å²) in [6, 6.07) is -1.02. The molecule has 0 aliphatic rings. The summed E-state index contributed by atoms with van der Waals surface area (Å²) in [7, 11) is 0. The number of hydrogen-bond acceptors (Lipinski definition) is 5. The number of nitrogens with zero attached hydrogens (tertiary/aromatic N) is 2. The number of nitrogens with two attached hydrogens (primary N) is 1. The van der Waals surface area contributed by atoms with E-state index in [0.717, 1.165) is 43.9 Å². The maximum absolute atomic E-state index is 10.8. The lowest BCUT2D eigenvalue weighted by atomic mass is 10.2. The van der Waals surface area contributed by atoms with Crippen molar-refractivity contribution in [1.82, 2.24) is 4.98 Å². The monoisotopic (exact) mass is 285 g/mol. The van der Waals surface area contributed by atoms with E-state index in [1.165, 1.54) is 11.3 Å². The van der Waals surface area contributed by atoms with Gasteiger partial charge in [-0.2, -0.15) is 0 Å². The lowest BCUT2D eigenvalue weighted by Crippen LogP contribution is -2.26. The number of thiazole rings is 1. The maximum Gasteiger partial charge on any atom is 0.326 e. The number of carbonyl (C=O) groups is 1. The Bertz CT molecular complexity index is 387. The molecule has 0 radical (unpaired) electrons. The van der Waals surface area contributed by atoms with Crippen molar-refractivity contribution in [2.45, 2.75) is 45.6 Å². The molecule has 0 fully saturated rings. The molecular weight excluding hydrogens is 262 g/mol. The van der Waals surface area contributed by atoms with Crippen LogP contribution in [0.25, 0.3) is 0 Å². The summed E-state index contributed by atoms with van der Waals surface area (Å²) in [5.74, 6) is -1.04. The van der Waals surface area contributed by atoms with Gasteiger partial charge in [-0.15, -0.1) is 11.3 Å². The van der Waals surface area contributed by atoms with Gasteiger partial charge in [0.05, 0.1) is 5.69 Å². The van der Waals surface area contributed by atoms with Crippen LogP contribution >= 0.6 is 11.3 Å². The Kier molecular flexibility index (Phi) is 6.80. The Balaban J connectivity index is 2.75. The summed E-state index contributed by atoms with van der Waals surface area (Å²) < 4.78 is 0. The molecule has 6 heteroatoms. The third kappa shape index (κ3) is 4.80. The van der Waals surface area contributed by atoms with Crippen LogP contribution < -0.4 is 10.6 Å². The van der Waals surface area contributed by atoms with Gasteiger partial charge in [-0.3, -0.25) is 4.79 Å². The Morgan fingerprint density at radius 3 is 2.47 bits per heavy atom. The standard InChI is InChI=1S/C13H23N3O2S/c1-3-5-7-16(8-6-4-2)13-15-10(9-19-13)11(14)12(17)18/h9,11H,3-8,14H2,1-2H3,(H,17,18). The molecule has 0 aromatic carbocycles. The molecular formula is C13H23N3O2S. The van der Waals surface area contributed by atoms with Gasteiger partial charge in [0, 0.05) is 18.5 Å². The summed E-state index contributed by atoms with van der Waals surface area (Å²) in [4.78, 5) is 17.5. The molecule has 5 nitrogen and oxygen atoms in total. The first kappa shape index (κ1) is 15.9. The summed E-state index contributed by atoms with van der Waals surface area (Å²) in [6.45, 7) is 6.24. The zero-order valence-electron chi connectivity index (χ0n) is 11.6. The van der Waals surface area contributed by atoms with E-state index in [1.54, 1.807) is 5.38 Å². The highest BCUT2D eigenvalue weighted by Gasteiger charge is 2.19. The first-order valence-electron chi connectivity index (χ1n) is 6.78. The van der Waals surface area contributed by atoms with Crippen molar-refractivity contribution >= 4 is 22.4 Å². The Labute approximate surface area is 118 Å². The molecule has 0 amide bonds. The Morgan fingerprint density at radius 1 is 1.42 bits per heavy atom. The van der Waals surface area contributed by atoms with E-state index in [-0.39, 0.29) is 0 Å². The zero-order chi connectivity index (χ0) is 14.3. The van der Waals surface area contributed by atoms with Crippen LogP contribution in [0.1, 0.15) is 51.3 Å². The molecule has 1 atom stereocenters. The summed E-state index contributed by atoms with van der Waals surface area (Å²) >= 11 is 1.48. The van der Waals surface area contributed by atoms with Crippen LogP contribution in [0.5, 0.6) is 0 Å². The van der Waals surface area contributed by atoms with E-state index in [0.29, 0.717) is 5.69 Å². The van der Waals surface area contributed by atoms with Crippen LogP contribution in [0, 0.1) is 0 Å². The average molecular weight is 285 g/mol. The predicted octanol–water partition coefficient (Wildman–Crippen LogP) is 2.63. The highest BCUT2D eigenvalue weighted by atomic mass is 32.1. The lowest BCUT2D eigenvalue weighted by molar-refractivity contribution is -0.138. The number of carboxylic acids is 1. The van der Waals surface area contributed by atoms with Crippen LogP contribution in [-0.2, 0) is 4.79 Å². The molecule has 0 spiro atoms. The number of carboxylic acid groups (broad SMARTS) is 1. The minimum absolute atomic E-state index is 0.450. The van der Waals surface area contributed by atoms with Gasteiger partial charge in [-0.05, 0) is 12.8 Å². The van der Waals surface area contributed by atoms with Crippen molar-refractivity contribution in [3.63, 3.8) is 0 Å². The van der Waals surface area contributed by atoms with Crippen LogP contribution in [0.3, 0.4) is 0 Å². The van der Waals surface area contributed by atoms with Crippen molar-refractivity contribution in [1.29, 1.82) is 0 Å². The number of rotatable bonds is 9. The smallest absolute Gasteiger partial charge is 0.326 e. The number of aromatic nitrogens is 1. The van der Waals surface area contributed by atoms with E-state index >= 15 is 0 Å². The van der Waals surface area contributed by atoms with Crippen molar-refractivity contribution in [3.05, 3.63) is 11.1 Å². The molecule has 108 valence electrons. The van der Waals surface area contributed by atoms with Gasteiger partial charge in [0.2, 0.25) is 0 Å². The fourth-order valence-electron chi connectivity index (χ4n) is 1.69. The van der Waals surface area contributed by atoms with Gasteiger partial charge in [0.1, 0.15) is 6.04 Å². The van der Waals surface area contributed by atoms with Crippen LogP contribution in [0.4, 0.5) is 5.13 Å². The van der Waals surface area contributed by atoms with Gasteiger partial charge in [0.15, 0.2) is 5.13 Å². The molecule has 0 bridgehead atoms. The molecule has 3 N–H and O–H groups in total. The first-order valence-corrected chi connectivity index (χ1v) is 7.66. The Hall–Kier alpha value is -1.14. The second-order valence-corrected chi connectivity index (χ2v) is 5.40. The molecule has 0 saturated carbocycles. The van der Waals surface area contributed by atoms with Gasteiger partial charge >= 0.3 is 5.97 Å². The van der Waals surface area contributed by atoms with E-state index in [4.69, 9.17) is 10.8 Å². The molecule has 1 rings (SSSR count). The molecule has 0 aliphatic heterocycles. The van der Waals surface area contributed by atoms with Crippen LogP contribution in [0.2, 0.25) is 0 Å². The molecule has 1 aromatic heterocycles. The average Bonchev–Trinajstić information content (AvgIpc) is 2.87. The zero-order valence-corrected chi connectivity index (χ0v) is 12.4. The normalized spacial score (nSPS) is 12.4. The van der Waals surface area contributed by atoms with Crippen LogP contribution in [0.15, 0.2) is 5.38 Å². The minimum atomic E-state index is -1.04. The molecule has 0 saturated heterocycles. The quantitative estimate of drug-likeness (QED) is 0.729. The van der Waals surface area contributed by atoms with E-state index in [1.807, 2.05) is 0 Å². The van der Waals surface area contributed by atoms with Gasteiger partial charge in [0.25, 0.3) is 0 Å². The lowest BCUT2D eigenvalue weighted by Gasteiger charge is -2.21. The molecule has 1 aromatic rings. The fourth-order valence-corrected chi connectivity index (χ4v) is 2.61. The van der Waals surface area contributed by atoms with Gasteiger partial charge in [-0.1, -0.05) is 26.7 Å². The molecule has 19 heavy (non-hydrogen) atoms. The van der Waals surface area contributed by atoms with E-state index in [2.05, 4.69) is 23.7 Å². The van der Waals surface area contributed by atoms with Crippen LogP contribution in [-0.4, -0.2) is 29.1 Å². The topological polar surface area (TPSA) is 79.5 Å². The summed E-state index contributed by atoms with van der Waals surface area (Å²) in [6.07, 6.45) is 4.50. The summed E-state index contributed by atoms with van der Waals surface area (Å²) in [5.41, 5.74) is 6.03. The first-order chi connectivity index (χ1) is 9.10. The summed E-state index contributed by atoms with van der Waals surface area (Å²) in [5, 5.41) is 11.5. The molecule has 1 heterocycles. The van der Waals surface area contributed by atoms with Crippen molar-refractivity contribution < 1.29 is 9.90 Å². The third-order valence-electron chi connectivity index (χ3n) is 2.93.